The van der Waals surface area contributed by atoms with Crippen LogP contribution in [0.4, 0.5) is 0 Å². The molecular formula is C16H24N2O3S. The molecule has 1 fully saturated rings. The summed E-state index contributed by atoms with van der Waals surface area (Å²) in [5.41, 5.74) is 0.279. The van der Waals surface area contributed by atoms with Crippen LogP contribution in [0.25, 0.3) is 0 Å². The van der Waals surface area contributed by atoms with Crippen molar-refractivity contribution in [1.82, 2.24) is 10.2 Å². The molecule has 0 bridgehead atoms. The molecule has 1 saturated heterocycles. The second-order valence-corrected chi connectivity index (χ2v) is 8.50. The Bertz CT molecular complexity index is 647. The summed E-state index contributed by atoms with van der Waals surface area (Å²) in [7, 11) is -3.30. The minimum atomic E-state index is -3.30. The van der Waals surface area contributed by atoms with Gasteiger partial charge in [-0.1, -0.05) is 6.07 Å². The SMILES string of the molecule is CC(C)(CNC(=O)c1cccc(S(C)(=O)=O)c1)N1CCCC1. The topological polar surface area (TPSA) is 66.5 Å². The van der Waals surface area contributed by atoms with Crippen molar-refractivity contribution in [1.29, 1.82) is 0 Å². The van der Waals surface area contributed by atoms with Crippen molar-refractivity contribution in [2.24, 2.45) is 0 Å². The van der Waals surface area contributed by atoms with E-state index in [-0.39, 0.29) is 16.3 Å². The Morgan fingerprint density at radius 1 is 1.27 bits per heavy atom. The molecule has 5 nitrogen and oxygen atoms in total. The van der Waals surface area contributed by atoms with E-state index in [1.807, 2.05) is 0 Å². The Labute approximate surface area is 132 Å². The summed E-state index contributed by atoms with van der Waals surface area (Å²) in [6.07, 6.45) is 3.54. The number of carbonyl (C=O) groups is 1. The number of carbonyl (C=O) groups excluding carboxylic acids is 1. The summed E-state index contributed by atoms with van der Waals surface area (Å²) in [6, 6.07) is 6.15. The fourth-order valence-electron chi connectivity index (χ4n) is 2.70. The van der Waals surface area contributed by atoms with Gasteiger partial charge in [0.05, 0.1) is 4.90 Å². The van der Waals surface area contributed by atoms with E-state index in [2.05, 4.69) is 24.1 Å². The highest BCUT2D eigenvalue weighted by Gasteiger charge is 2.29. The zero-order valence-corrected chi connectivity index (χ0v) is 14.2. The second-order valence-electron chi connectivity index (χ2n) is 6.49. The summed E-state index contributed by atoms with van der Waals surface area (Å²) >= 11 is 0. The number of nitrogens with zero attached hydrogens (tertiary/aromatic N) is 1. The molecule has 1 N–H and O–H groups in total. The third kappa shape index (κ3) is 4.08. The minimum absolute atomic E-state index is 0.0966. The number of rotatable bonds is 5. The number of likely N-dealkylation sites (tertiary alicyclic amines) is 1. The van der Waals surface area contributed by atoms with Gasteiger partial charge in [0.2, 0.25) is 0 Å². The van der Waals surface area contributed by atoms with E-state index < -0.39 is 9.84 Å². The zero-order chi connectivity index (χ0) is 16.4. The summed E-state index contributed by atoms with van der Waals surface area (Å²) < 4.78 is 23.1. The molecule has 0 aliphatic carbocycles. The van der Waals surface area contributed by atoms with Gasteiger partial charge in [0, 0.05) is 23.9 Å². The molecule has 1 aliphatic rings. The van der Waals surface area contributed by atoms with Crippen LogP contribution in [0.15, 0.2) is 29.2 Å². The predicted octanol–water partition coefficient (Wildman–Crippen LogP) is 1.69. The maximum absolute atomic E-state index is 12.3. The van der Waals surface area contributed by atoms with Gasteiger partial charge in [-0.3, -0.25) is 9.69 Å². The van der Waals surface area contributed by atoms with Crippen LogP contribution in [0.5, 0.6) is 0 Å². The lowest BCUT2D eigenvalue weighted by Crippen LogP contribution is -2.50. The van der Waals surface area contributed by atoms with Crippen molar-refractivity contribution in [2.45, 2.75) is 37.1 Å². The third-order valence-electron chi connectivity index (χ3n) is 4.17. The molecule has 1 heterocycles. The molecule has 0 spiro atoms. The van der Waals surface area contributed by atoms with Crippen molar-refractivity contribution in [3.8, 4) is 0 Å². The van der Waals surface area contributed by atoms with Crippen molar-refractivity contribution < 1.29 is 13.2 Å². The molecule has 1 amide bonds. The van der Waals surface area contributed by atoms with Crippen LogP contribution < -0.4 is 5.32 Å². The first kappa shape index (κ1) is 17.0. The summed E-state index contributed by atoms with van der Waals surface area (Å²) in [6.45, 7) is 6.89. The standard InChI is InChI=1S/C16H24N2O3S/c1-16(2,18-9-4-5-10-18)12-17-15(19)13-7-6-8-14(11-13)22(3,20)21/h6-8,11H,4-5,9-10,12H2,1-3H3,(H,17,19). The molecule has 122 valence electrons. The van der Waals surface area contributed by atoms with Crippen molar-refractivity contribution >= 4 is 15.7 Å². The van der Waals surface area contributed by atoms with Gasteiger partial charge in [-0.15, -0.1) is 0 Å². The highest BCUT2D eigenvalue weighted by atomic mass is 32.2. The van der Waals surface area contributed by atoms with Gasteiger partial charge in [-0.05, 0) is 58.0 Å². The molecule has 1 aromatic carbocycles. The summed E-state index contributed by atoms with van der Waals surface area (Å²) in [5, 5.41) is 2.92. The molecule has 0 saturated carbocycles. The number of sulfone groups is 1. The number of benzene rings is 1. The molecular weight excluding hydrogens is 300 g/mol. The average Bonchev–Trinajstić information content (AvgIpc) is 2.99. The predicted molar refractivity (Wildman–Crippen MR) is 86.8 cm³/mol. The van der Waals surface area contributed by atoms with E-state index in [0.717, 1.165) is 19.3 Å². The van der Waals surface area contributed by atoms with Crippen LogP contribution in [0.3, 0.4) is 0 Å². The second kappa shape index (κ2) is 6.38. The zero-order valence-electron chi connectivity index (χ0n) is 13.4. The Kier molecular flexibility index (Phi) is 4.92. The largest absolute Gasteiger partial charge is 0.350 e. The van der Waals surface area contributed by atoms with E-state index in [1.165, 1.54) is 25.0 Å². The van der Waals surface area contributed by atoms with Crippen LogP contribution >= 0.6 is 0 Å². The molecule has 0 atom stereocenters. The Hall–Kier alpha value is -1.40. The molecule has 0 aromatic heterocycles. The van der Waals surface area contributed by atoms with Crippen molar-refractivity contribution in [2.75, 3.05) is 25.9 Å². The smallest absolute Gasteiger partial charge is 0.251 e. The molecule has 0 unspecified atom stereocenters. The first-order chi connectivity index (χ1) is 10.2. The molecule has 0 radical (unpaired) electrons. The van der Waals surface area contributed by atoms with Crippen molar-refractivity contribution in [3.05, 3.63) is 29.8 Å². The van der Waals surface area contributed by atoms with Gasteiger partial charge in [0.1, 0.15) is 0 Å². The van der Waals surface area contributed by atoms with Gasteiger partial charge >= 0.3 is 0 Å². The number of amides is 1. The molecule has 1 aliphatic heterocycles. The number of hydrogen-bond acceptors (Lipinski definition) is 4. The Balaban J connectivity index is 2.03. The normalized spacial score (nSPS) is 16.7. The van der Waals surface area contributed by atoms with E-state index in [0.29, 0.717) is 12.1 Å². The van der Waals surface area contributed by atoms with Crippen LogP contribution in [0.2, 0.25) is 0 Å². The molecule has 6 heteroatoms. The average molecular weight is 324 g/mol. The summed E-state index contributed by atoms with van der Waals surface area (Å²) in [4.78, 5) is 14.8. The lowest BCUT2D eigenvalue weighted by molar-refractivity contribution is 0.0902. The van der Waals surface area contributed by atoms with Crippen molar-refractivity contribution in [3.63, 3.8) is 0 Å². The fourth-order valence-corrected chi connectivity index (χ4v) is 3.37. The van der Waals surface area contributed by atoms with Gasteiger partial charge in [0.25, 0.3) is 5.91 Å². The first-order valence-corrected chi connectivity index (χ1v) is 9.43. The first-order valence-electron chi connectivity index (χ1n) is 7.53. The Morgan fingerprint density at radius 2 is 1.91 bits per heavy atom. The molecule has 22 heavy (non-hydrogen) atoms. The summed E-state index contributed by atoms with van der Waals surface area (Å²) in [5.74, 6) is -0.238. The van der Waals surface area contributed by atoms with Crippen LogP contribution in [0.1, 0.15) is 37.0 Å². The van der Waals surface area contributed by atoms with Gasteiger partial charge in [0.15, 0.2) is 9.84 Å². The highest BCUT2D eigenvalue weighted by molar-refractivity contribution is 7.90. The van der Waals surface area contributed by atoms with Crippen LogP contribution in [-0.4, -0.2) is 50.7 Å². The maximum Gasteiger partial charge on any atom is 0.251 e. The maximum atomic E-state index is 12.3. The van der Waals surface area contributed by atoms with Gasteiger partial charge in [-0.25, -0.2) is 8.42 Å². The van der Waals surface area contributed by atoms with E-state index in [1.54, 1.807) is 12.1 Å². The number of hydrogen-bond donors (Lipinski definition) is 1. The lowest BCUT2D eigenvalue weighted by atomic mass is 10.0. The fraction of sp³-hybridized carbons (Fsp3) is 0.562. The molecule has 2 rings (SSSR count). The van der Waals surface area contributed by atoms with E-state index in [4.69, 9.17) is 0 Å². The Morgan fingerprint density at radius 3 is 2.50 bits per heavy atom. The van der Waals surface area contributed by atoms with E-state index >= 15 is 0 Å². The van der Waals surface area contributed by atoms with E-state index in [9.17, 15) is 13.2 Å². The minimum Gasteiger partial charge on any atom is -0.350 e. The molecule has 1 aromatic rings. The highest BCUT2D eigenvalue weighted by Crippen LogP contribution is 2.20. The van der Waals surface area contributed by atoms with Crippen LogP contribution in [-0.2, 0) is 9.84 Å². The quantitative estimate of drug-likeness (QED) is 0.895. The van der Waals surface area contributed by atoms with Gasteiger partial charge in [-0.2, -0.15) is 0 Å². The number of nitrogens with one attached hydrogen (secondary N) is 1. The van der Waals surface area contributed by atoms with Gasteiger partial charge < -0.3 is 5.32 Å². The monoisotopic (exact) mass is 324 g/mol. The third-order valence-corrected chi connectivity index (χ3v) is 5.28. The van der Waals surface area contributed by atoms with Crippen LogP contribution in [0, 0.1) is 0 Å². The lowest BCUT2D eigenvalue weighted by Gasteiger charge is -2.35.